The molecule has 1 aromatic rings. The molecule has 0 atom stereocenters. The second-order valence-corrected chi connectivity index (χ2v) is 2.40. The molecule has 0 heterocycles. The van der Waals surface area contributed by atoms with Crippen LogP contribution in [0.4, 0.5) is 0 Å². The van der Waals surface area contributed by atoms with Crippen LogP contribution >= 0.6 is 0 Å². The monoisotopic (exact) mass is 149 g/mol. The molecule has 0 saturated carbocycles. The van der Waals surface area contributed by atoms with Crippen molar-refractivity contribution in [3.63, 3.8) is 0 Å². The molecule has 3 nitrogen and oxygen atoms in total. The number of rotatable bonds is 2. The first-order valence-electron chi connectivity index (χ1n) is 3.45. The highest BCUT2D eigenvalue weighted by molar-refractivity contribution is 5.20. The van der Waals surface area contributed by atoms with Crippen LogP contribution in [0.15, 0.2) is 34.6 Å². The minimum atomic E-state index is 0.566. The summed E-state index contributed by atoms with van der Waals surface area (Å²) in [5.74, 6) is 4.86. The molecular formula is C8H11N3. The van der Waals surface area contributed by atoms with Crippen LogP contribution in [0.1, 0.15) is 11.1 Å². The van der Waals surface area contributed by atoms with Gasteiger partial charge in [0.1, 0.15) is 0 Å². The fourth-order valence-corrected chi connectivity index (χ4v) is 0.816. The first kappa shape index (κ1) is 7.72. The van der Waals surface area contributed by atoms with Crippen LogP contribution < -0.4 is 5.84 Å². The van der Waals surface area contributed by atoms with Crippen molar-refractivity contribution in [1.82, 2.24) is 0 Å². The van der Waals surface area contributed by atoms with Gasteiger partial charge in [0.05, 0.1) is 6.54 Å². The molecule has 0 amide bonds. The lowest BCUT2D eigenvalue weighted by Crippen LogP contribution is -1.82. The standard InChI is InChI=1S/C8H11N3/c1-7-2-4-8(5-3-7)6-10-11-9/h2-5H,6H2,1H3,(H2,9,10). The third-order valence-corrected chi connectivity index (χ3v) is 1.46. The summed E-state index contributed by atoms with van der Waals surface area (Å²) in [6.07, 6.45) is 0. The highest BCUT2D eigenvalue weighted by Gasteiger charge is 1.88. The van der Waals surface area contributed by atoms with Gasteiger partial charge in [-0.1, -0.05) is 35.1 Å². The van der Waals surface area contributed by atoms with Crippen LogP contribution in [0.2, 0.25) is 0 Å². The molecule has 0 aliphatic heterocycles. The van der Waals surface area contributed by atoms with Crippen LogP contribution in [-0.2, 0) is 6.54 Å². The van der Waals surface area contributed by atoms with Gasteiger partial charge in [-0.3, -0.25) is 0 Å². The zero-order valence-electron chi connectivity index (χ0n) is 6.49. The molecule has 0 bridgehead atoms. The lowest BCUT2D eigenvalue weighted by atomic mass is 10.2. The molecule has 0 aliphatic carbocycles. The third-order valence-electron chi connectivity index (χ3n) is 1.46. The molecule has 2 N–H and O–H groups in total. The van der Waals surface area contributed by atoms with E-state index in [4.69, 9.17) is 5.84 Å². The average Bonchev–Trinajstić information content (AvgIpc) is 2.04. The maximum absolute atomic E-state index is 4.86. The van der Waals surface area contributed by atoms with Gasteiger partial charge in [-0.15, -0.1) is 0 Å². The summed E-state index contributed by atoms with van der Waals surface area (Å²) in [7, 11) is 0. The van der Waals surface area contributed by atoms with Crippen LogP contribution in [0.3, 0.4) is 0 Å². The molecule has 11 heavy (non-hydrogen) atoms. The predicted octanol–water partition coefficient (Wildman–Crippen LogP) is 1.82. The van der Waals surface area contributed by atoms with Crippen LogP contribution in [0.5, 0.6) is 0 Å². The van der Waals surface area contributed by atoms with Gasteiger partial charge in [0.15, 0.2) is 0 Å². The summed E-state index contributed by atoms with van der Waals surface area (Å²) >= 11 is 0. The van der Waals surface area contributed by atoms with E-state index < -0.39 is 0 Å². The van der Waals surface area contributed by atoms with Gasteiger partial charge >= 0.3 is 0 Å². The number of aryl methyl sites for hydroxylation is 1. The van der Waals surface area contributed by atoms with Gasteiger partial charge in [-0.2, -0.15) is 5.11 Å². The summed E-state index contributed by atoms with van der Waals surface area (Å²) in [5, 5.41) is 6.85. The van der Waals surface area contributed by atoms with Crippen molar-refractivity contribution in [3.05, 3.63) is 35.4 Å². The normalized spacial score (nSPS) is 10.6. The summed E-state index contributed by atoms with van der Waals surface area (Å²) < 4.78 is 0. The SMILES string of the molecule is Cc1ccc(CN=NN)cc1. The Balaban J connectivity index is 2.66. The zero-order valence-corrected chi connectivity index (χ0v) is 6.49. The van der Waals surface area contributed by atoms with Gasteiger partial charge in [0.25, 0.3) is 0 Å². The van der Waals surface area contributed by atoms with Crippen molar-refractivity contribution in [3.8, 4) is 0 Å². The number of benzene rings is 1. The summed E-state index contributed by atoms with van der Waals surface area (Å²) in [5.41, 5.74) is 2.38. The quantitative estimate of drug-likeness (QED) is 0.389. The molecule has 0 fully saturated rings. The molecule has 0 spiro atoms. The summed E-state index contributed by atoms with van der Waals surface area (Å²) in [6.45, 7) is 2.62. The highest BCUT2D eigenvalue weighted by atomic mass is 15.3. The van der Waals surface area contributed by atoms with Crippen molar-refractivity contribution < 1.29 is 0 Å². The van der Waals surface area contributed by atoms with Crippen molar-refractivity contribution in [1.29, 1.82) is 0 Å². The number of nitrogens with zero attached hydrogens (tertiary/aromatic N) is 2. The number of nitrogens with two attached hydrogens (primary N) is 1. The smallest absolute Gasteiger partial charge is 0.0870 e. The Hall–Kier alpha value is -1.38. The van der Waals surface area contributed by atoms with E-state index in [1.165, 1.54) is 5.56 Å². The van der Waals surface area contributed by atoms with Crippen LogP contribution in [-0.4, -0.2) is 0 Å². The molecule has 0 saturated heterocycles. The average molecular weight is 149 g/mol. The van der Waals surface area contributed by atoms with Gasteiger partial charge in [-0.05, 0) is 12.5 Å². The molecule has 58 valence electrons. The lowest BCUT2D eigenvalue weighted by molar-refractivity contribution is 0.892. The summed E-state index contributed by atoms with van der Waals surface area (Å²) in [4.78, 5) is 0. The van der Waals surface area contributed by atoms with E-state index in [0.717, 1.165) is 5.56 Å². The van der Waals surface area contributed by atoms with Crippen molar-refractivity contribution >= 4 is 0 Å². The molecular weight excluding hydrogens is 138 g/mol. The van der Waals surface area contributed by atoms with Crippen molar-refractivity contribution in [2.45, 2.75) is 13.5 Å². The van der Waals surface area contributed by atoms with E-state index >= 15 is 0 Å². The Bertz CT molecular complexity index is 238. The maximum atomic E-state index is 4.86. The first-order valence-corrected chi connectivity index (χ1v) is 3.45. The van der Waals surface area contributed by atoms with Crippen LogP contribution in [0, 0.1) is 6.92 Å². The topological polar surface area (TPSA) is 50.7 Å². The summed E-state index contributed by atoms with van der Waals surface area (Å²) in [6, 6.07) is 8.12. The minimum Gasteiger partial charge on any atom is -0.305 e. The van der Waals surface area contributed by atoms with E-state index in [2.05, 4.69) is 10.3 Å². The Morgan fingerprint density at radius 2 is 1.91 bits per heavy atom. The third kappa shape index (κ3) is 2.37. The second-order valence-electron chi connectivity index (χ2n) is 2.40. The fourth-order valence-electron chi connectivity index (χ4n) is 0.816. The van der Waals surface area contributed by atoms with Gasteiger partial charge < -0.3 is 5.84 Å². The predicted molar refractivity (Wildman–Crippen MR) is 43.9 cm³/mol. The molecule has 0 unspecified atom stereocenters. The van der Waals surface area contributed by atoms with E-state index in [1.54, 1.807) is 0 Å². The van der Waals surface area contributed by atoms with Gasteiger partial charge in [0, 0.05) is 0 Å². The second kappa shape index (κ2) is 3.71. The number of hydrogen-bond donors (Lipinski definition) is 1. The van der Waals surface area contributed by atoms with Gasteiger partial charge in [-0.25, -0.2) is 0 Å². The zero-order chi connectivity index (χ0) is 8.10. The maximum Gasteiger partial charge on any atom is 0.0870 e. The Labute approximate surface area is 65.9 Å². The Morgan fingerprint density at radius 1 is 1.27 bits per heavy atom. The van der Waals surface area contributed by atoms with Gasteiger partial charge in [0.2, 0.25) is 0 Å². The van der Waals surface area contributed by atoms with E-state index in [9.17, 15) is 0 Å². The minimum absolute atomic E-state index is 0.566. The van der Waals surface area contributed by atoms with Crippen LogP contribution in [0.25, 0.3) is 0 Å². The molecule has 0 aromatic heterocycles. The van der Waals surface area contributed by atoms with E-state index in [-0.39, 0.29) is 0 Å². The van der Waals surface area contributed by atoms with Crippen molar-refractivity contribution in [2.24, 2.45) is 16.2 Å². The van der Waals surface area contributed by atoms with E-state index in [1.807, 2.05) is 31.2 Å². The molecule has 3 heteroatoms. The number of hydrogen-bond acceptors (Lipinski definition) is 2. The van der Waals surface area contributed by atoms with Crippen molar-refractivity contribution in [2.75, 3.05) is 0 Å². The molecule has 0 aliphatic rings. The molecule has 1 aromatic carbocycles. The largest absolute Gasteiger partial charge is 0.305 e. The molecule has 0 radical (unpaired) electrons. The Morgan fingerprint density at radius 3 is 2.45 bits per heavy atom. The van der Waals surface area contributed by atoms with E-state index in [0.29, 0.717) is 6.54 Å². The first-order chi connectivity index (χ1) is 5.33. The Kier molecular flexibility index (Phi) is 2.60. The molecule has 1 rings (SSSR count). The highest BCUT2D eigenvalue weighted by Crippen LogP contribution is 2.03. The lowest BCUT2D eigenvalue weighted by Gasteiger charge is -1.94. The fraction of sp³-hybridized carbons (Fsp3) is 0.250.